The van der Waals surface area contributed by atoms with E-state index in [1.807, 2.05) is 19.9 Å². The van der Waals surface area contributed by atoms with Gasteiger partial charge in [-0.05, 0) is 61.4 Å². The number of hydrogen-bond acceptors (Lipinski definition) is 5. The number of carbonyl (C=O) groups excluding carboxylic acids is 2. The van der Waals surface area contributed by atoms with Crippen LogP contribution in [0, 0.1) is 19.7 Å². The van der Waals surface area contributed by atoms with E-state index in [4.69, 9.17) is 4.74 Å². The van der Waals surface area contributed by atoms with Crippen LogP contribution in [0.2, 0.25) is 0 Å². The minimum Gasteiger partial charge on any atom is -0.452 e. The molecule has 1 heterocycles. The van der Waals surface area contributed by atoms with Crippen LogP contribution in [0.1, 0.15) is 21.5 Å². The predicted molar refractivity (Wildman–Crippen MR) is 102 cm³/mol. The lowest BCUT2D eigenvalue weighted by Crippen LogP contribution is -2.20. The van der Waals surface area contributed by atoms with Gasteiger partial charge in [-0.25, -0.2) is 14.2 Å². The maximum absolute atomic E-state index is 13.0. The lowest BCUT2D eigenvalue weighted by atomic mass is 10.1. The first-order valence-electron chi connectivity index (χ1n) is 8.18. The zero-order valence-corrected chi connectivity index (χ0v) is 15.6. The van der Waals surface area contributed by atoms with Gasteiger partial charge in [-0.3, -0.25) is 10.1 Å². The van der Waals surface area contributed by atoms with E-state index in [2.05, 4.69) is 10.3 Å². The molecule has 0 aliphatic rings. The SMILES string of the molecule is Cc1ccc(C(=O)OCC(=O)Nc2nc(-c3ccc(F)cc3)cs2)cc1C. The number of thiazole rings is 1. The smallest absolute Gasteiger partial charge is 0.338 e. The molecule has 1 amide bonds. The Kier molecular flexibility index (Phi) is 5.61. The monoisotopic (exact) mass is 384 g/mol. The summed E-state index contributed by atoms with van der Waals surface area (Å²) < 4.78 is 18.0. The first-order valence-corrected chi connectivity index (χ1v) is 9.06. The summed E-state index contributed by atoms with van der Waals surface area (Å²) in [4.78, 5) is 28.3. The van der Waals surface area contributed by atoms with Crippen molar-refractivity contribution in [3.63, 3.8) is 0 Å². The number of carbonyl (C=O) groups is 2. The molecule has 27 heavy (non-hydrogen) atoms. The van der Waals surface area contributed by atoms with E-state index >= 15 is 0 Å². The highest BCUT2D eigenvalue weighted by molar-refractivity contribution is 7.14. The summed E-state index contributed by atoms with van der Waals surface area (Å²) in [5.41, 5.74) is 3.82. The molecule has 0 bridgehead atoms. The quantitative estimate of drug-likeness (QED) is 0.664. The molecule has 1 aromatic heterocycles. The average molecular weight is 384 g/mol. The van der Waals surface area contributed by atoms with Crippen LogP contribution in [-0.2, 0) is 9.53 Å². The first kappa shape index (κ1) is 18.7. The number of benzene rings is 2. The molecule has 0 spiro atoms. The van der Waals surface area contributed by atoms with Crippen molar-refractivity contribution in [1.29, 1.82) is 0 Å². The van der Waals surface area contributed by atoms with Crippen LogP contribution in [0.15, 0.2) is 47.8 Å². The molecule has 0 aliphatic heterocycles. The van der Waals surface area contributed by atoms with Crippen molar-refractivity contribution in [2.75, 3.05) is 11.9 Å². The number of rotatable bonds is 5. The van der Waals surface area contributed by atoms with Gasteiger partial charge in [0, 0.05) is 10.9 Å². The number of aromatic nitrogens is 1. The fourth-order valence-electron chi connectivity index (χ4n) is 2.32. The van der Waals surface area contributed by atoms with E-state index in [9.17, 15) is 14.0 Å². The minimum absolute atomic E-state index is 0.326. The average Bonchev–Trinajstić information content (AvgIpc) is 3.11. The highest BCUT2D eigenvalue weighted by Gasteiger charge is 2.13. The van der Waals surface area contributed by atoms with Gasteiger partial charge in [0.2, 0.25) is 0 Å². The Morgan fingerprint density at radius 1 is 1.11 bits per heavy atom. The standard InChI is InChI=1S/C20H17FN2O3S/c1-12-3-4-15(9-13(12)2)19(25)26-10-18(24)23-20-22-17(11-27-20)14-5-7-16(21)8-6-14/h3-9,11H,10H2,1-2H3,(H,22,23,24). The summed E-state index contributed by atoms with van der Waals surface area (Å²) in [7, 11) is 0. The van der Waals surface area contributed by atoms with Gasteiger partial charge < -0.3 is 4.74 Å². The van der Waals surface area contributed by atoms with E-state index in [1.165, 1.54) is 23.5 Å². The maximum atomic E-state index is 13.0. The Morgan fingerprint density at radius 3 is 2.56 bits per heavy atom. The number of hydrogen-bond donors (Lipinski definition) is 1. The third kappa shape index (κ3) is 4.77. The van der Waals surface area contributed by atoms with Crippen LogP contribution in [0.5, 0.6) is 0 Å². The Morgan fingerprint density at radius 2 is 1.85 bits per heavy atom. The van der Waals surface area contributed by atoms with E-state index in [0.29, 0.717) is 16.4 Å². The Bertz CT molecular complexity index is 983. The molecule has 0 saturated heterocycles. The van der Waals surface area contributed by atoms with E-state index in [1.54, 1.807) is 29.6 Å². The molecular formula is C20H17FN2O3S. The summed E-state index contributed by atoms with van der Waals surface area (Å²) in [5, 5.41) is 4.72. The number of nitrogens with one attached hydrogen (secondary N) is 1. The number of esters is 1. The molecule has 0 aliphatic carbocycles. The zero-order valence-electron chi connectivity index (χ0n) is 14.8. The fraction of sp³-hybridized carbons (Fsp3) is 0.150. The number of ether oxygens (including phenoxy) is 1. The molecule has 0 atom stereocenters. The van der Waals surface area contributed by atoms with Gasteiger partial charge in [-0.15, -0.1) is 11.3 Å². The molecule has 1 N–H and O–H groups in total. The second-order valence-electron chi connectivity index (χ2n) is 5.97. The minimum atomic E-state index is -0.556. The highest BCUT2D eigenvalue weighted by Crippen LogP contribution is 2.25. The third-order valence-corrected chi connectivity index (χ3v) is 4.73. The normalized spacial score (nSPS) is 10.5. The predicted octanol–water partition coefficient (Wildman–Crippen LogP) is 4.36. The maximum Gasteiger partial charge on any atom is 0.338 e. The van der Waals surface area contributed by atoms with Crippen LogP contribution < -0.4 is 5.32 Å². The Labute approximate surface area is 159 Å². The molecule has 2 aromatic carbocycles. The summed E-state index contributed by atoms with van der Waals surface area (Å²) in [6, 6.07) is 11.1. The molecular weight excluding hydrogens is 367 g/mol. The van der Waals surface area contributed by atoms with Gasteiger partial charge in [0.1, 0.15) is 5.82 Å². The van der Waals surface area contributed by atoms with Crippen molar-refractivity contribution in [2.45, 2.75) is 13.8 Å². The van der Waals surface area contributed by atoms with Gasteiger partial charge >= 0.3 is 5.97 Å². The number of amides is 1. The van der Waals surface area contributed by atoms with Crippen molar-refractivity contribution in [3.05, 3.63) is 70.4 Å². The van der Waals surface area contributed by atoms with Crippen molar-refractivity contribution < 1.29 is 18.7 Å². The summed E-state index contributed by atoms with van der Waals surface area (Å²) in [5.74, 6) is -1.36. The molecule has 5 nitrogen and oxygen atoms in total. The molecule has 138 valence electrons. The van der Waals surface area contributed by atoms with Crippen LogP contribution in [0.4, 0.5) is 9.52 Å². The van der Waals surface area contributed by atoms with Crippen molar-refractivity contribution in [3.8, 4) is 11.3 Å². The highest BCUT2D eigenvalue weighted by atomic mass is 32.1. The molecule has 3 aromatic rings. The fourth-order valence-corrected chi connectivity index (χ4v) is 3.06. The van der Waals surface area contributed by atoms with Crippen molar-refractivity contribution in [1.82, 2.24) is 4.98 Å². The van der Waals surface area contributed by atoms with Gasteiger partial charge in [-0.1, -0.05) is 6.07 Å². The van der Waals surface area contributed by atoms with Gasteiger partial charge in [0.05, 0.1) is 11.3 Å². The van der Waals surface area contributed by atoms with Crippen LogP contribution in [0.25, 0.3) is 11.3 Å². The lowest BCUT2D eigenvalue weighted by Gasteiger charge is -2.06. The van der Waals surface area contributed by atoms with Gasteiger partial charge in [0.25, 0.3) is 5.91 Å². The van der Waals surface area contributed by atoms with E-state index in [-0.39, 0.29) is 5.82 Å². The molecule has 0 unspecified atom stereocenters. The molecule has 3 rings (SSSR count). The van der Waals surface area contributed by atoms with Crippen LogP contribution in [-0.4, -0.2) is 23.5 Å². The lowest BCUT2D eigenvalue weighted by molar-refractivity contribution is -0.119. The molecule has 7 heteroatoms. The van der Waals surface area contributed by atoms with Crippen LogP contribution in [0.3, 0.4) is 0 Å². The van der Waals surface area contributed by atoms with E-state index < -0.39 is 18.5 Å². The number of halogens is 1. The molecule has 0 saturated carbocycles. The van der Waals surface area contributed by atoms with Gasteiger partial charge in [0.15, 0.2) is 11.7 Å². The summed E-state index contributed by atoms with van der Waals surface area (Å²) in [6.45, 7) is 3.45. The van der Waals surface area contributed by atoms with Crippen molar-refractivity contribution in [2.24, 2.45) is 0 Å². The molecule has 0 fully saturated rings. The number of anilines is 1. The number of aryl methyl sites for hydroxylation is 2. The zero-order chi connectivity index (χ0) is 19.4. The van der Waals surface area contributed by atoms with E-state index in [0.717, 1.165) is 16.7 Å². The second-order valence-corrected chi connectivity index (χ2v) is 6.83. The largest absolute Gasteiger partial charge is 0.452 e. The Balaban J connectivity index is 1.55. The summed E-state index contributed by atoms with van der Waals surface area (Å²) in [6.07, 6.45) is 0. The third-order valence-electron chi connectivity index (χ3n) is 3.97. The number of nitrogens with zero attached hydrogens (tertiary/aromatic N) is 1. The Hall–Kier alpha value is -3.06. The van der Waals surface area contributed by atoms with Crippen LogP contribution >= 0.6 is 11.3 Å². The summed E-state index contributed by atoms with van der Waals surface area (Å²) >= 11 is 1.23. The van der Waals surface area contributed by atoms with Crippen molar-refractivity contribution >= 4 is 28.3 Å². The van der Waals surface area contributed by atoms with Gasteiger partial charge in [-0.2, -0.15) is 0 Å². The molecule has 0 radical (unpaired) electrons. The topological polar surface area (TPSA) is 68.3 Å². The first-order chi connectivity index (χ1) is 12.9. The second kappa shape index (κ2) is 8.09.